The maximum atomic E-state index is 12.6. The zero-order valence-electron chi connectivity index (χ0n) is 26.4. The van der Waals surface area contributed by atoms with Crippen molar-refractivity contribution in [3.63, 3.8) is 0 Å². The molecule has 10 heteroatoms. The summed E-state index contributed by atoms with van der Waals surface area (Å²) in [5.41, 5.74) is 1.67. The van der Waals surface area contributed by atoms with Crippen LogP contribution < -0.4 is 24.3 Å². The number of fused-ring (bicyclic) bond motifs is 2. The molecule has 0 bridgehead atoms. The second kappa shape index (κ2) is 14.9. The molecule has 9 nitrogen and oxygen atoms in total. The summed E-state index contributed by atoms with van der Waals surface area (Å²) in [5, 5.41) is 2.41. The van der Waals surface area contributed by atoms with Crippen LogP contribution in [0.15, 0.2) is 36.4 Å². The van der Waals surface area contributed by atoms with Crippen LogP contribution in [0.4, 0.5) is 9.59 Å². The third-order valence-electron chi connectivity index (χ3n) is 6.73. The second-order valence-corrected chi connectivity index (χ2v) is 13.0. The molecule has 0 fully saturated rings. The molecule has 232 valence electrons. The molecule has 2 heterocycles. The second-order valence-electron chi connectivity index (χ2n) is 11.8. The molecule has 0 radical (unpaired) electrons. The van der Waals surface area contributed by atoms with Crippen LogP contribution in [0.5, 0.6) is 23.0 Å². The van der Waals surface area contributed by atoms with E-state index in [0.29, 0.717) is 23.0 Å². The van der Waals surface area contributed by atoms with Crippen LogP contribution >= 0.6 is 12.1 Å². The van der Waals surface area contributed by atoms with E-state index in [9.17, 15) is 9.59 Å². The highest BCUT2D eigenvalue weighted by molar-refractivity contribution is 7.95. The molecule has 0 saturated carbocycles. The summed E-state index contributed by atoms with van der Waals surface area (Å²) in [6.45, 7) is 14.4. The monoisotopic (exact) mass is 601 g/mol. The third kappa shape index (κ3) is 9.46. The lowest BCUT2D eigenvalue weighted by molar-refractivity contribution is 0.131. The number of carbonyl (C=O) groups is 2. The Labute approximate surface area is 255 Å². The van der Waals surface area contributed by atoms with E-state index in [1.165, 1.54) is 19.2 Å². The van der Waals surface area contributed by atoms with E-state index in [2.05, 4.69) is 23.5 Å². The van der Waals surface area contributed by atoms with Gasteiger partial charge in [-0.1, -0.05) is 51.0 Å². The Hall–Kier alpha value is -3.11. The van der Waals surface area contributed by atoms with Gasteiger partial charge in [-0.05, 0) is 52.7 Å². The lowest BCUT2D eigenvalue weighted by Gasteiger charge is -2.25. The summed E-state index contributed by atoms with van der Waals surface area (Å²) in [5.74, 6) is 2.34. The van der Waals surface area contributed by atoms with Gasteiger partial charge in [0.2, 0.25) is 0 Å². The molecule has 2 aromatic rings. The predicted octanol–water partition coefficient (Wildman–Crippen LogP) is 7.41. The van der Waals surface area contributed by atoms with Gasteiger partial charge < -0.3 is 24.3 Å². The van der Waals surface area contributed by atoms with Gasteiger partial charge in [0.1, 0.15) is 11.2 Å². The third-order valence-corrected chi connectivity index (χ3v) is 7.72. The highest BCUT2D eigenvalue weighted by Crippen LogP contribution is 2.43. The van der Waals surface area contributed by atoms with Gasteiger partial charge in [0, 0.05) is 63.3 Å². The average Bonchev–Trinajstić information content (AvgIpc) is 3.44. The number of hydrogen-bond acceptors (Lipinski definition) is 8. The number of carbonyl (C=O) groups excluding carboxylic acids is 2. The van der Waals surface area contributed by atoms with Gasteiger partial charge in [0.25, 0.3) is 0 Å². The van der Waals surface area contributed by atoms with Gasteiger partial charge in [-0.2, -0.15) is 0 Å². The van der Waals surface area contributed by atoms with Crippen molar-refractivity contribution in [2.45, 2.75) is 91.3 Å². The summed E-state index contributed by atoms with van der Waals surface area (Å²) >= 11 is 1.44. The van der Waals surface area contributed by atoms with Crippen molar-refractivity contribution < 1.29 is 28.5 Å². The molecule has 4 rings (SSSR count). The Kier molecular flexibility index (Phi) is 11.8. The molecule has 0 unspecified atom stereocenters. The minimum atomic E-state index is -0.485. The fourth-order valence-electron chi connectivity index (χ4n) is 4.71. The first kappa shape index (κ1) is 33.4. The lowest BCUT2D eigenvalue weighted by Crippen LogP contribution is -2.30. The lowest BCUT2D eigenvalue weighted by atomic mass is 10.0. The van der Waals surface area contributed by atoms with Crippen LogP contribution in [0.3, 0.4) is 0 Å². The van der Waals surface area contributed by atoms with E-state index in [4.69, 9.17) is 18.9 Å². The van der Waals surface area contributed by atoms with Gasteiger partial charge in [0.15, 0.2) is 23.0 Å². The Balaban J connectivity index is 0.000000258. The van der Waals surface area contributed by atoms with Crippen LogP contribution in [0.1, 0.15) is 78.4 Å². The van der Waals surface area contributed by atoms with Crippen LogP contribution in [0, 0.1) is 0 Å². The summed E-state index contributed by atoms with van der Waals surface area (Å²) in [7, 11) is 3.28. The van der Waals surface area contributed by atoms with Gasteiger partial charge in [-0.3, -0.25) is 0 Å². The normalized spacial score (nSPS) is 15.4. The molecule has 2 aliphatic heterocycles. The zero-order chi connectivity index (χ0) is 30.9. The number of benzene rings is 2. The van der Waals surface area contributed by atoms with Crippen LogP contribution in [-0.2, 0) is 12.8 Å². The molecule has 1 N–H and O–H groups in total. The van der Waals surface area contributed by atoms with Crippen LogP contribution in [0.25, 0.3) is 0 Å². The molecule has 0 spiro atoms. The van der Waals surface area contributed by atoms with E-state index in [0.717, 1.165) is 62.7 Å². The SMILES string of the molecule is CCCCN(CCCC)SN(C)C(=O)Oc1cccc2c1OC(C)(C)C2.CNC(=O)Oc1cccc2c1OC(C)(C)C2. The highest BCUT2D eigenvalue weighted by Gasteiger charge is 2.34. The summed E-state index contributed by atoms with van der Waals surface area (Å²) in [6, 6.07) is 11.3. The van der Waals surface area contributed by atoms with E-state index in [1.54, 1.807) is 23.5 Å². The van der Waals surface area contributed by atoms with Crippen LogP contribution in [-0.4, -0.2) is 59.2 Å². The topological polar surface area (TPSA) is 89.6 Å². The smallest absolute Gasteiger partial charge is 0.426 e. The largest absolute Gasteiger partial charge is 0.483 e. The average molecular weight is 602 g/mol. The number of para-hydroxylation sites is 2. The number of nitrogens with one attached hydrogen (secondary N) is 1. The van der Waals surface area contributed by atoms with Crippen molar-refractivity contribution >= 4 is 24.3 Å². The predicted molar refractivity (Wildman–Crippen MR) is 168 cm³/mol. The minimum Gasteiger partial charge on any atom is -0.483 e. The first-order valence-corrected chi connectivity index (χ1v) is 15.5. The molecule has 2 amide bonds. The summed E-state index contributed by atoms with van der Waals surface area (Å²) < 4.78 is 26.3. The Morgan fingerprint density at radius 3 is 1.79 bits per heavy atom. The highest BCUT2D eigenvalue weighted by atomic mass is 32.2. The summed E-state index contributed by atoms with van der Waals surface area (Å²) in [4.78, 5) is 23.7. The Morgan fingerprint density at radius 2 is 1.33 bits per heavy atom. The van der Waals surface area contributed by atoms with Gasteiger partial charge in [0.05, 0.1) is 0 Å². The number of rotatable bonds is 10. The van der Waals surface area contributed by atoms with E-state index in [1.807, 2.05) is 52.0 Å². The minimum absolute atomic E-state index is 0.232. The van der Waals surface area contributed by atoms with Crippen molar-refractivity contribution in [1.29, 1.82) is 0 Å². The Bertz CT molecular complexity index is 1210. The summed E-state index contributed by atoms with van der Waals surface area (Å²) in [6.07, 6.45) is 5.30. The number of nitrogens with zero attached hydrogens (tertiary/aromatic N) is 2. The molecule has 0 aliphatic carbocycles. The van der Waals surface area contributed by atoms with Gasteiger partial charge >= 0.3 is 12.2 Å². The molecule has 0 aromatic heterocycles. The standard InChI is InChI=1S/C20H32N2O3S.C12H15NO3/c1-6-8-13-22(14-9-7-2)26-21(5)19(23)24-17-12-10-11-16-15-20(3,4)25-18(16)17;1-12(2)7-8-5-4-6-9(10(8)16-12)15-11(14)13-3/h10-12H,6-9,13-15H2,1-5H3;4-6H,7H2,1-3H3,(H,13,14). The zero-order valence-corrected chi connectivity index (χ0v) is 27.2. The number of amides is 2. The van der Waals surface area contributed by atoms with Crippen molar-refractivity contribution in [1.82, 2.24) is 13.9 Å². The van der Waals surface area contributed by atoms with E-state index in [-0.39, 0.29) is 17.3 Å². The quantitative estimate of drug-likeness (QED) is 0.282. The van der Waals surface area contributed by atoms with Crippen molar-refractivity contribution in [2.75, 3.05) is 27.2 Å². The van der Waals surface area contributed by atoms with Crippen molar-refractivity contribution in [2.24, 2.45) is 0 Å². The number of unbranched alkanes of at least 4 members (excludes halogenated alkanes) is 2. The Morgan fingerprint density at radius 1 is 0.857 bits per heavy atom. The maximum absolute atomic E-state index is 12.6. The molecule has 0 saturated heterocycles. The van der Waals surface area contributed by atoms with Gasteiger partial charge in [-0.25, -0.2) is 18.2 Å². The fourth-order valence-corrected chi connectivity index (χ4v) is 5.59. The van der Waals surface area contributed by atoms with Gasteiger partial charge in [-0.15, -0.1) is 0 Å². The van der Waals surface area contributed by atoms with Crippen molar-refractivity contribution in [3.8, 4) is 23.0 Å². The molecular weight excluding hydrogens is 554 g/mol. The molecular formula is C32H47N3O6S. The van der Waals surface area contributed by atoms with Crippen LogP contribution in [0.2, 0.25) is 0 Å². The molecule has 2 aromatic carbocycles. The maximum Gasteiger partial charge on any atom is 0.426 e. The fraction of sp³-hybridized carbons (Fsp3) is 0.562. The first-order chi connectivity index (χ1) is 19.9. The molecule has 2 aliphatic rings. The van der Waals surface area contributed by atoms with Crippen molar-refractivity contribution in [3.05, 3.63) is 47.5 Å². The molecule has 0 atom stereocenters. The van der Waals surface area contributed by atoms with E-state index < -0.39 is 6.09 Å². The number of hydrogen-bond donors (Lipinski definition) is 1. The number of ether oxygens (including phenoxy) is 4. The van der Waals surface area contributed by atoms with E-state index >= 15 is 0 Å². The molecule has 42 heavy (non-hydrogen) atoms. The first-order valence-electron chi connectivity index (χ1n) is 14.8.